The summed E-state index contributed by atoms with van der Waals surface area (Å²) in [4.78, 5) is 48.4. The van der Waals surface area contributed by atoms with Crippen LogP contribution in [0.1, 0.15) is 24.0 Å². The Balaban J connectivity index is 1.93. The van der Waals surface area contributed by atoms with Crippen LogP contribution >= 0.6 is 11.3 Å². The topological polar surface area (TPSA) is 195 Å². The summed E-state index contributed by atoms with van der Waals surface area (Å²) in [7, 11) is -4.53. The van der Waals surface area contributed by atoms with Gasteiger partial charge in [-0.25, -0.2) is 13.2 Å². The van der Waals surface area contributed by atoms with E-state index < -0.39 is 47.9 Å². The van der Waals surface area contributed by atoms with E-state index in [-0.39, 0.29) is 43.2 Å². The lowest BCUT2D eigenvalue weighted by atomic mass is 9.89. The van der Waals surface area contributed by atoms with Gasteiger partial charge in [-0.05, 0) is 36.3 Å². The third-order valence-corrected chi connectivity index (χ3v) is 9.75. The molecule has 0 amide bonds. The number of fused-ring (bicyclic) bond motifs is 1. The molecule has 15 heteroatoms. The molecule has 3 aromatic carbocycles. The number of esters is 1. The Kier molecular flexibility index (Phi) is 7.99. The third kappa shape index (κ3) is 5.29. The number of nitrogens with two attached hydrogens (primary N) is 1. The zero-order valence-electron chi connectivity index (χ0n) is 22.8. The van der Waals surface area contributed by atoms with Crippen LogP contribution in [0.3, 0.4) is 0 Å². The summed E-state index contributed by atoms with van der Waals surface area (Å²) in [6.45, 7) is 1.44. The summed E-state index contributed by atoms with van der Waals surface area (Å²) >= 11 is 0.799. The molecule has 1 aliphatic heterocycles. The number of carbonyl (C=O) groups is 1. The van der Waals surface area contributed by atoms with Gasteiger partial charge in [0.1, 0.15) is 15.4 Å². The lowest BCUT2D eigenvalue weighted by Crippen LogP contribution is -2.41. The average molecular weight is 635 g/mol. The second kappa shape index (κ2) is 11.7. The van der Waals surface area contributed by atoms with Crippen LogP contribution in [0.25, 0.3) is 17.5 Å². The molecule has 13 nitrogen and oxygen atoms in total. The quantitative estimate of drug-likeness (QED) is 0.171. The van der Waals surface area contributed by atoms with Crippen LogP contribution < -0.4 is 20.5 Å². The molecule has 0 saturated carbocycles. The molecule has 1 aromatic heterocycles. The van der Waals surface area contributed by atoms with Crippen molar-refractivity contribution in [2.75, 3.05) is 6.61 Å². The number of ether oxygens (including phenoxy) is 1. The lowest BCUT2D eigenvalue weighted by molar-refractivity contribution is -0.385. The largest absolute Gasteiger partial charge is 0.463 e. The molecule has 0 bridgehead atoms. The summed E-state index contributed by atoms with van der Waals surface area (Å²) in [5, 5.41) is 23.0. The highest BCUT2D eigenvalue weighted by atomic mass is 32.2. The Bertz CT molecular complexity index is 2170. The maximum absolute atomic E-state index is 14.2. The number of nitrogens with zero attached hydrogens (tertiary/aromatic N) is 3. The molecule has 0 unspecified atom stereocenters. The maximum atomic E-state index is 14.2. The van der Waals surface area contributed by atoms with Crippen LogP contribution in [0.5, 0.6) is 0 Å². The van der Waals surface area contributed by atoms with Crippen molar-refractivity contribution in [1.29, 1.82) is 0 Å². The minimum atomic E-state index is -4.53. The van der Waals surface area contributed by atoms with Crippen molar-refractivity contribution in [3.8, 4) is 0 Å². The van der Waals surface area contributed by atoms with E-state index >= 15 is 0 Å². The second-order valence-corrected chi connectivity index (χ2v) is 12.3. The van der Waals surface area contributed by atoms with Crippen LogP contribution in [0, 0.1) is 20.2 Å². The number of sulfone groups is 1. The van der Waals surface area contributed by atoms with E-state index in [9.17, 15) is 38.2 Å². The Hall–Kier alpha value is -5.41. The summed E-state index contributed by atoms with van der Waals surface area (Å²) in [5.74, 6) is -2.97. The molecule has 0 fully saturated rings. The van der Waals surface area contributed by atoms with Crippen LogP contribution in [0.4, 0.5) is 11.4 Å². The van der Waals surface area contributed by atoms with Crippen LogP contribution in [0.2, 0.25) is 0 Å². The maximum Gasteiger partial charge on any atom is 0.338 e. The Morgan fingerprint density at radius 3 is 2.27 bits per heavy atom. The molecule has 4 aromatic rings. The number of benzene rings is 3. The number of hydrogen-bond donors (Lipinski definition) is 1. The number of carbonyl (C=O) groups excluding carboxylic acids is 1. The fraction of sp³-hybridized carbons (Fsp3) is 0.103. The average Bonchev–Trinajstić information content (AvgIpc) is 3.32. The zero-order valence-corrected chi connectivity index (χ0v) is 24.4. The molecule has 0 radical (unpaired) electrons. The molecule has 224 valence electrons. The van der Waals surface area contributed by atoms with Gasteiger partial charge in [0.15, 0.2) is 0 Å². The first-order chi connectivity index (χ1) is 20.9. The third-order valence-electron chi connectivity index (χ3n) is 6.73. The summed E-state index contributed by atoms with van der Waals surface area (Å²) in [6.07, 6.45) is 1.36. The van der Waals surface area contributed by atoms with Gasteiger partial charge in [-0.2, -0.15) is 0 Å². The first kappa shape index (κ1) is 30.1. The first-order valence-corrected chi connectivity index (χ1v) is 15.2. The molecule has 1 atom stereocenters. The van der Waals surface area contributed by atoms with E-state index in [1.54, 1.807) is 13.0 Å². The SMILES string of the molecule is CCOC(=O)C1=c2sc(=Cc3cccc([N+](=O)[O-])c3)c(=O)n2C(N)=C(S(=O)(=O)c2ccccc2)[C@H]1c1cccc([N+](=O)[O-])c1. The van der Waals surface area contributed by atoms with Crippen molar-refractivity contribution in [1.82, 2.24) is 4.57 Å². The number of allylic oxidation sites excluding steroid dienone is 1. The molecule has 0 spiro atoms. The van der Waals surface area contributed by atoms with Crippen LogP contribution in [0.15, 0.2) is 93.5 Å². The molecule has 0 saturated heterocycles. The summed E-state index contributed by atoms with van der Waals surface area (Å²) in [6, 6.07) is 17.8. The van der Waals surface area contributed by atoms with Crippen LogP contribution in [-0.2, 0) is 19.4 Å². The van der Waals surface area contributed by atoms with Gasteiger partial charge in [0, 0.05) is 24.3 Å². The fourth-order valence-electron chi connectivity index (χ4n) is 4.84. The highest BCUT2D eigenvalue weighted by molar-refractivity contribution is 7.95. The molecule has 5 rings (SSSR count). The van der Waals surface area contributed by atoms with E-state index in [0.29, 0.717) is 5.56 Å². The number of non-ortho nitro benzene ring substituents is 2. The molecular weight excluding hydrogens is 612 g/mol. The van der Waals surface area contributed by atoms with E-state index in [4.69, 9.17) is 10.5 Å². The highest BCUT2D eigenvalue weighted by Gasteiger charge is 2.42. The molecule has 1 aliphatic rings. The van der Waals surface area contributed by atoms with Crippen molar-refractivity contribution in [2.45, 2.75) is 17.7 Å². The Morgan fingerprint density at radius 2 is 1.64 bits per heavy atom. The number of nitro groups is 2. The number of nitro benzene ring substituents is 2. The highest BCUT2D eigenvalue weighted by Crippen LogP contribution is 2.42. The predicted octanol–water partition coefficient (Wildman–Crippen LogP) is 2.62. The number of rotatable bonds is 8. The van der Waals surface area contributed by atoms with Crippen molar-refractivity contribution in [3.05, 3.63) is 135 Å². The number of hydrogen-bond acceptors (Lipinski definition) is 11. The Labute approximate surface area is 252 Å². The van der Waals surface area contributed by atoms with Gasteiger partial charge in [0.05, 0.1) is 37.4 Å². The van der Waals surface area contributed by atoms with E-state index in [1.807, 2.05) is 0 Å². The van der Waals surface area contributed by atoms with Gasteiger partial charge < -0.3 is 10.5 Å². The van der Waals surface area contributed by atoms with Gasteiger partial charge in [0.25, 0.3) is 16.9 Å². The van der Waals surface area contributed by atoms with Gasteiger partial charge in [-0.3, -0.25) is 29.6 Å². The Morgan fingerprint density at radius 1 is 1.00 bits per heavy atom. The second-order valence-electron chi connectivity index (χ2n) is 9.39. The van der Waals surface area contributed by atoms with E-state index in [0.717, 1.165) is 22.0 Å². The molecule has 2 N–H and O–H groups in total. The standard InChI is InChI=1S/C29H22N4O9S2/c1-2-42-29(35)24-23(18-9-7-11-20(16-18)33(38)39)25(44(40,41)21-12-4-3-5-13-21)26(30)31-27(34)22(43-28(24)31)15-17-8-6-10-19(14-17)32(36)37/h3-16,23H,2,30H2,1H3/t23-/m0/s1. The summed E-state index contributed by atoms with van der Waals surface area (Å²) < 4.78 is 34.6. The van der Waals surface area contributed by atoms with E-state index in [2.05, 4.69) is 0 Å². The summed E-state index contributed by atoms with van der Waals surface area (Å²) in [5.41, 5.74) is 5.22. The van der Waals surface area contributed by atoms with Gasteiger partial charge in [-0.1, -0.05) is 42.5 Å². The smallest absolute Gasteiger partial charge is 0.338 e. The van der Waals surface area contributed by atoms with Crippen molar-refractivity contribution in [3.63, 3.8) is 0 Å². The van der Waals surface area contributed by atoms with Gasteiger partial charge in [0.2, 0.25) is 9.84 Å². The van der Waals surface area contributed by atoms with Gasteiger partial charge >= 0.3 is 5.97 Å². The van der Waals surface area contributed by atoms with Crippen molar-refractivity contribution in [2.24, 2.45) is 5.73 Å². The van der Waals surface area contributed by atoms with Crippen molar-refractivity contribution >= 4 is 56.0 Å². The van der Waals surface area contributed by atoms with Crippen LogP contribution in [-0.4, -0.2) is 35.4 Å². The van der Waals surface area contributed by atoms with Gasteiger partial charge in [-0.15, -0.1) is 11.3 Å². The minimum absolute atomic E-state index is 0.0126. The number of aromatic nitrogens is 1. The minimum Gasteiger partial charge on any atom is -0.463 e. The molecular formula is C29H22N4O9S2. The normalized spacial score (nSPS) is 15.2. The lowest BCUT2D eigenvalue weighted by Gasteiger charge is -2.28. The zero-order chi connectivity index (χ0) is 31.8. The van der Waals surface area contributed by atoms with E-state index in [1.165, 1.54) is 72.8 Å². The van der Waals surface area contributed by atoms with Crippen molar-refractivity contribution < 1.29 is 27.8 Å². The molecule has 2 heterocycles. The number of thiazole rings is 1. The molecule has 44 heavy (non-hydrogen) atoms. The monoisotopic (exact) mass is 634 g/mol. The predicted molar refractivity (Wildman–Crippen MR) is 161 cm³/mol. The molecule has 0 aliphatic carbocycles. The first-order valence-electron chi connectivity index (χ1n) is 12.9. The fourth-order valence-corrected chi connectivity index (χ4v) is 7.71.